The van der Waals surface area contributed by atoms with E-state index < -0.39 is 12.1 Å². The van der Waals surface area contributed by atoms with E-state index in [9.17, 15) is 15.0 Å². The Kier molecular flexibility index (Phi) is 56.8. The third kappa shape index (κ3) is 54.5. The molecule has 0 bridgehead atoms. The second kappa shape index (κ2) is 58.9. The summed E-state index contributed by atoms with van der Waals surface area (Å²) in [6.07, 6.45) is 85.8. The van der Waals surface area contributed by atoms with Gasteiger partial charge < -0.3 is 15.5 Å². The maximum absolute atomic E-state index is 12.5. The number of aliphatic hydroxyl groups excluding tert-OH is 2. The first-order valence-electron chi connectivity index (χ1n) is 29.8. The monoisotopic (exact) mass is 946 g/mol. The van der Waals surface area contributed by atoms with Crippen LogP contribution in [0.2, 0.25) is 0 Å². The van der Waals surface area contributed by atoms with Crippen LogP contribution in [0.5, 0.6) is 0 Å². The highest BCUT2D eigenvalue weighted by Crippen LogP contribution is 2.17. The van der Waals surface area contributed by atoms with Crippen LogP contribution < -0.4 is 5.32 Å². The minimum absolute atomic E-state index is 0.0425. The summed E-state index contributed by atoms with van der Waals surface area (Å²) in [7, 11) is 0. The maximum Gasteiger partial charge on any atom is 0.220 e. The van der Waals surface area contributed by atoms with Crippen LogP contribution in [0.1, 0.15) is 296 Å². The van der Waals surface area contributed by atoms with Crippen LogP contribution in [-0.4, -0.2) is 34.9 Å². The van der Waals surface area contributed by atoms with E-state index >= 15 is 0 Å². The summed E-state index contributed by atoms with van der Waals surface area (Å²) in [4.78, 5) is 12.5. The molecule has 0 saturated heterocycles. The zero-order valence-electron chi connectivity index (χ0n) is 45.4. The van der Waals surface area contributed by atoms with Crippen LogP contribution in [0.25, 0.3) is 0 Å². The standard InChI is InChI=1S/C64H115NO3/c1-3-5-7-9-11-13-15-17-19-21-23-25-27-29-31-32-34-36-38-40-42-44-46-48-50-52-54-56-58-60-64(68)65-62(61-66)63(67)59-57-55-53-51-49-47-45-43-41-39-37-35-33-30-28-26-24-22-20-18-16-14-12-10-8-6-4-2/h5,7,11,13,17,19,23,25,29,31,34,36,40,42,62-63,66-67H,3-4,6,8-10,12,14-16,18,20-22,24,26-28,30,32-33,35,37-39,41,43-61H2,1-2H3,(H,65,68)/b7-5-,13-11-,19-17-,25-23-,31-29-,36-34-,42-40-. The van der Waals surface area contributed by atoms with Gasteiger partial charge in [-0.25, -0.2) is 0 Å². The molecule has 0 heterocycles. The van der Waals surface area contributed by atoms with Gasteiger partial charge in [0.25, 0.3) is 0 Å². The van der Waals surface area contributed by atoms with Crippen LogP contribution in [0.4, 0.5) is 0 Å². The molecule has 0 spiro atoms. The van der Waals surface area contributed by atoms with Gasteiger partial charge in [0.2, 0.25) is 5.91 Å². The van der Waals surface area contributed by atoms with Crippen LogP contribution in [0.3, 0.4) is 0 Å². The Hall–Kier alpha value is -2.43. The number of rotatable bonds is 54. The SMILES string of the molecule is CC/C=C\C/C=C\C/C=C\C/C=C\C/C=C\C/C=C\C/C=C\CCCCCCCCCC(=O)NC(CO)C(O)CCCCCCCCCCCCCCCCCCCCCCCCCCCCC. The summed E-state index contributed by atoms with van der Waals surface area (Å²) < 4.78 is 0. The van der Waals surface area contributed by atoms with Gasteiger partial charge in [0.1, 0.15) is 0 Å². The van der Waals surface area contributed by atoms with Crippen molar-refractivity contribution in [3.63, 3.8) is 0 Å². The molecule has 2 unspecified atom stereocenters. The molecule has 0 aromatic heterocycles. The van der Waals surface area contributed by atoms with Crippen molar-refractivity contribution in [2.24, 2.45) is 0 Å². The highest BCUT2D eigenvalue weighted by atomic mass is 16.3. The molecule has 394 valence electrons. The molecule has 3 N–H and O–H groups in total. The highest BCUT2D eigenvalue weighted by Gasteiger charge is 2.20. The molecule has 0 saturated carbocycles. The second-order valence-electron chi connectivity index (χ2n) is 20.0. The van der Waals surface area contributed by atoms with Gasteiger partial charge in [0, 0.05) is 6.42 Å². The molecule has 2 atom stereocenters. The summed E-state index contributed by atoms with van der Waals surface area (Å²) in [5.74, 6) is -0.0425. The van der Waals surface area contributed by atoms with Crippen LogP contribution in [0, 0.1) is 0 Å². The number of amides is 1. The van der Waals surface area contributed by atoms with Gasteiger partial charge >= 0.3 is 0 Å². The summed E-state index contributed by atoms with van der Waals surface area (Å²) in [6.45, 7) is 4.26. The number of allylic oxidation sites excluding steroid dienone is 14. The van der Waals surface area contributed by atoms with Gasteiger partial charge in [0.05, 0.1) is 18.8 Å². The molecule has 1 amide bonds. The first kappa shape index (κ1) is 65.6. The van der Waals surface area contributed by atoms with Crippen molar-refractivity contribution in [1.29, 1.82) is 0 Å². The molecule has 0 radical (unpaired) electrons. The maximum atomic E-state index is 12.5. The Bertz CT molecular complexity index is 1210. The molecule has 4 heteroatoms. The first-order chi connectivity index (χ1) is 33.7. The molecule has 68 heavy (non-hydrogen) atoms. The smallest absolute Gasteiger partial charge is 0.220 e. The minimum Gasteiger partial charge on any atom is -0.394 e. The van der Waals surface area contributed by atoms with Crippen LogP contribution in [-0.2, 0) is 4.79 Å². The van der Waals surface area contributed by atoms with Crippen molar-refractivity contribution in [1.82, 2.24) is 5.32 Å². The molecule has 0 aromatic carbocycles. The fourth-order valence-corrected chi connectivity index (χ4v) is 8.93. The quantitative estimate of drug-likeness (QED) is 0.0420. The van der Waals surface area contributed by atoms with E-state index in [-0.39, 0.29) is 12.5 Å². The van der Waals surface area contributed by atoms with E-state index in [1.54, 1.807) is 0 Å². The average molecular weight is 947 g/mol. The molecule has 0 rings (SSSR count). The van der Waals surface area contributed by atoms with E-state index in [0.29, 0.717) is 12.8 Å². The van der Waals surface area contributed by atoms with E-state index in [1.165, 1.54) is 186 Å². The zero-order valence-corrected chi connectivity index (χ0v) is 45.4. The van der Waals surface area contributed by atoms with E-state index in [1.807, 2.05) is 0 Å². The van der Waals surface area contributed by atoms with Crippen molar-refractivity contribution in [3.8, 4) is 0 Å². The minimum atomic E-state index is -0.672. The van der Waals surface area contributed by atoms with E-state index in [4.69, 9.17) is 0 Å². The number of carbonyl (C=O) groups excluding carboxylic acids is 1. The van der Waals surface area contributed by atoms with Crippen LogP contribution >= 0.6 is 0 Å². The Morgan fingerprint density at radius 1 is 0.368 bits per heavy atom. The summed E-state index contributed by atoms with van der Waals surface area (Å²) in [5.41, 5.74) is 0. The topological polar surface area (TPSA) is 69.6 Å². The third-order valence-corrected chi connectivity index (χ3v) is 13.4. The zero-order chi connectivity index (χ0) is 49.2. The lowest BCUT2D eigenvalue weighted by Crippen LogP contribution is -2.45. The number of nitrogens with one attached hydrogen (secondary N) is 1. The fourth-order valence-electron chi connectivity index (χ4n) is 8.93. The molecule has 0 fully saturated rings. The van der Waals surface area contributed by atoms with Crippen LogP contribution in [0.15, 0.2) is 85.1 Å². The van der Waals surface area contributed by atoms with Crippen molar-refractivity contribution < 1.29 is 15.0 Å². The molecule has 0 aliphatic rings. The predicted molar refractivity (Wildman–Crippen MR) is 303 cm³/mol. The van der Waals surface area contributed by atoms with Crippen molar-refractivity contribution in [2.45, 2.75) is 309 Å². The van der Waals surface area contributed by atoms with Gasteiger partial charge in [-0.1, -0.05) is 304 Å². The summed E-state index contributed by atoms with van der Waals surface area (Å²) in [5, 5.41) is 23.4. The number of hydrogen-bond acceptors (Lipinski definition) is 3. The Labute approximate surface area is 424 Å². The van der Waals surface area contributed by atoms with Gasteiger partial charge in [-0.15, -0.1) is 0 Å². The number of aliphatic hydroxyl groups is 2. The lowest BCUT2D eigenvalue weighted by Gasteiger charge is -2.22. The Morgan fingerprint density at radius 2 is 0.647 bits per heavy atom. The number of carbonyl (C=O) groups is 1. The predicted octanol–water partition coefficient (Wildman–Crippen LogP) is 19.9. The average Bonchev–Trinajstić information content (AvgIpc) is 3.34. The second-order valence-corrected chi connectivity index (χ2v) is 20.0. The lowest BCUT2D eigenvalue weighted by molar-refractivity contribution is -0.123. The molecular formula is C64H115NO3. The first-order valence-corrected chi connectivity index (χ1v) is 29.8. The molecular weight excluding hydrogens is 831 g/mol. The third-order valence-electron chi connectivity index (χ3n) is 13.4. The number of unbranched alkanes of at least 4 members (excludes halogenated alkanes) is 33. The van der Waals surface area contributed by atoms with Gasteiger partial charge in [-0.3, -0.25) is 4.79 Å². The summed E-state index contributed by atoms with van der Waals surface area (Å²) in [6, 6.07) is -0.550. The number of hydrogen-bond donors (Lipinski definition) is 3. The normalized spacial score (nSPS) is 13.4. The Balaban J connectivity index is 3.52. The van der Waals surface area contributed by atoms with Gasteiger partial charge in [0.15, 0.2) is 0 Å². The summed E-state index contributed by atoms with van der Waals surface area (Å²) >= 11 is 0. The Morgan fingerprint density at radius 3 is 0.971 bits per heavy atom. The largest absolute Gasteiger partial charge is 0.394 e. The van der Waals surface area contributed by atoms with Crippen molar-refractivity contribution >= 4 is 5.91 Å². The van der Waals surface area contributed by atoms with E-state index in [0.717, 1.165) is 83.5 Å². The van der Waals surface area contributed by atoms with E-state index in [2.05, 4.69) is 104 Å². The van der Waals surface area contributed by atoms with Crippen molar-refractivity contribution in [2.75, 3.05) is 6.61 Å². The van der Waals surface area contributed by atoms with Gasteiger partial charge in [-0.2, -0.15) is 0 Å². The molecule has 0 aliphatic heterocycles. The molecule has 0 aromatic rings. The van der Waals surface area contributed by atoms with Gasteiger partial charge in [-0.05, 0) is 70.6 Å². The lowest BCUT2D eigenvalue weighted by atomic mass is 10.0. The molecule has 0 aliphatic carbocycles. The molecule has 4 nitrogen and oxygen atoms in total. The highest BCUT2D eigenvalue weighted by molar-refractivity contribution is 5.76. The van der Waals surface area contributed by atoms with Crippen molar-refractivity contribution in [3.05, 3.63) is 85.1 Å². The fraction of sp³-hybridized carbons (Fsp3) is 0.766.